The predicted octanol–water partition coefficient (Wildman–Crippen LogP) is 6.25. The molecule has 0 bridgehead atoms. The fourth-order valence-electron chi connectivity index (χ4n) is 5.03. The van der Waals surface area contributed by atoms with Crippen LogP contribution < -0.4 is 23.8 Å². The number of rotatable bonds is 14. The van der Waals surface area contributed by atoms with Crippen LogP contribution in [0.1, 0.15) is 11.1 Å². The molecule has 4 rings (SSSR count). The van der Waals surface area contributed by atoms with Gasteiger partial charge in [-0.15, -0.1) is 0 Å². The number of anilines is 1. The predicted molar refractivity (Wildman–Crippen MR) is 187 cm³/mol. The van der Waals surface area contributed by atoms with E-state index < -0.39 is 34.4 Å². The first-order valence-corrected chi connectivity index (χ1v) is 17.1. The van der Waals surface area contributed by atoms with E-state index in [0.29, 0.717) is 16.3 Å². The van der Waals surface area contributed by atoms with Gasteiger partial charge in [-0.3, -0.25) is 13.9 Å². The van der Waals surface area contributed by atoms with Crippen molar-refractivity contribution < 1.29 is 32.2 Å². The zero-order valence-corrected chi connectivity index (χ0v) is 29.7. The molecule has 1 atom stereocenters. The average Bonchev–Trinajstić information content (AvgIpc) is 3.09. The molecule has 1 N–H and O–H groups in total. The van der Waals surface area contributed by atoms with Crippen LogP contribution in [0.5, 0.6) is 17.2 Å². The van der Waals surface area contributed by atoms with E-state index in [2.05, 4.69) is 5.32 Å². The van der Waals surface area contributed by atoms with E-state index in [-0.39, 0.29) is 45.1 Å². The Hall–Kier alpha value is -4.16. The molecule has 10 nitrogen and oxygen atoms in total. The number of nitrogens with one attached hydrogen (secondary N) is 1. The first-order chi connectivity index (χ1) is 22.9. The summed E-state index contributed by atoms with van der Waals surface area (Å²) >= 11 is 19.0. The molecule has 0 aromatic heterocycles. The Balaban J connectivity index is 1.88. The number of nitrogens with zero attached hydrogens (tertiary/aromatic N) is 2. The van der Waals surface area contributed by atoms with Crippen molar-refractivity contribution in [3.8, 4) is 17.2 Å². The number of methoxy groups -OCH3 is 3. The van der Waals surface area contributed by atoms with Gasteiger partial charge in [-0.2, -0.15) is 0 Å². The Kier molecular flexibility index (Phi) is 12.4. The van der Waals surface area contributed by atoms with Gasteiger partial charge in [0.15, 0.2) is 11.5 Å². The standard InChI is InChI=1S/C34H34Cl3N3O7S/c1-38-34(42)29(16-22-8-6-5-7-9-22)39(20-23-10-11-24(35)17-27(23)37)33(41)21-40(28-18-25(36)12-14-30(28)45-2)48(43,44)26-13-15-31(46-3)32(19-26)47-4/h5-15,17-19,29H,16,20-21H2,1-4H3,(H,38,42)/t29-/m0/s1. The van der Waals surface area contributed by atoms with E-state index in [1.165, 1.54) is 75.7 Å². The SMILES string of the molecule is CNC(=O)[C@H](Cc1ccccc1)N(Cc1ccc(Cl)cc1Cl)C(=O)CN(c1cc(Cl)ccc1OC)S(=O)(=O)c1ccc(OC)c(OC)c1. The van der Waals surface area contributed by atoms with Gasteiger partial charge in [0.1, 0.15) is 18.3 Å². The zero-order valence-electron chi connectivity index (χ0n) is 26.6. The maximum Gasteiger partial charge on any atom is 0.265 e. The van der Waals surface area contributed by atoms with Gasteiger partial charge in [-0.05, 0) is 53.6 Å². The summed E-state index contributed by atoms with van der Waals surface area (Å²) in [4.78, 5) is 29.2. The highest BCUT2D eigenvalue weighted by Crippen LogP contribution is 2.37. The molecule has 0 aliphatic heterocycles. The van der Waals surface area contributed by atoms with Gasteiger partial charge in [0.25, 0.3) is 10.0 Å². The monoisotopic (exact) mass is 733 g/mol. The number of carbonyl (C=O) groups is 2. The number of halogens is 3. The van der Waals surface area contributed by atoms with Gasteiger partial charge in [-0.25, -0.2) is 8.42 Å². The van der Waals surface area contributed by atoms with Gasteiger partial charge in [0.2, 0.25) is 11.8 Å². The highest BCUT2D eigenvalue weighted by molar-refractivity contribution is 7.92. The van der Waals surface area contributed by atoms with Gasteiger partial charge in [-0.1, -0.05) is 71.2 Å². The Morgan fingerprint density at radius 1 is 0.792 bits per heavy atom. The highest BCUT2D eigenvalue weighted by atomic mass is 35.5. The Bertz CT molecular complexity index is 1880. The summed E-state index contributed by atoms with van der Waals surface area (Å²) in [6.45, 7) is -0.891. The fraction of sp³-hybridized carbons (Fsp3) is 0.235. The molecule has 0 aliphatic rings. The van der Waals surface area contributed by atoms with E-state index in [9.17, 15) is 18.0 Å². The number of benzene rings is 4. The van der Waals surface area contributed by atoms with Crippen LogP contribution in [0, 0.1) is 0 Å². The van der Waals surface area contributed by atoms with Crippen molar-refractivity contribution >= 4 is 62.3 Å². The first-order valence-electron chi connectivity index (χ1n) is 14.5. The number of hydrogen-bond donors (Lipinski definition) is 1. The summed E-state index contributed by atoms with van der Waals surface area (Å²) in [6, 6.07) is 21.3. The molecule has 0 saturated carbocycles. The summed E-state index contributed by atoms with van der Waals surface area (Å²) < 4.78 is 46.0. The van der Waals surface area contributed by atoms with Crippen LogP contribution in [0.4, 0.5) is 5.69 Å². The van der Waals surface area contributed by atoms with Gasteiger partial charge < -0.3 is 24.4 Å². The Morgan fingerprint density at radius 3 is 2.04 bits per heavy atom. The van der Waals surface area contributed by atoms with E-state index >= 15 is 0 Å². The lowest BCUT2D eigenvalue weighted by atomic mass is 10.0. The molecule has 0 spiro atoms. The molecule has 254 valence electrons. The molecule has 4 aromatic rings. The van der Waals surface area contributed by atoms with Gasteiger partial charge in [0, 0.05) is 41.1 Å². The number of likely N-dealkylation sites (N-methyl/N-ethyl adjacent to an activating group) is 1. The summed E-state index contributed by atoms with van der Waals surface area (Å²) in [5.41, 5.74) is 1.26. The second-order valence-corrected chi connectivity index (χ2v) is 13.6. The van der Waals surface area contributed by atoms with Crippen LogP contribution in [-0.4, -0.2) is 66.1 Å². The van der Waals surface area contributed by atoms with E-state index in [1.807, 2.05) is 30.3 Å². The third-order valence-electron chi connectivity index (χ3n) is 7.50. The Labute approximate surface area is 295 Å². The molecule has 48 heavy (non-hydrogen) atoms. The minimum absolute atomic E-state index is 0.00263. The van der Waals surface area contributed by atoms with Crippen molar-refractivity contribution in [2.45, 2.75) is 23.9 Å². The molecule has 0 radical (unpaired) electrons. The molecule has 2 amide bonds. The largest absolute Gasteiger partial charge is 0.495 e. The van der Waals surface area contributed by atoms with Gasteiger partial charge in [0.05, 0.1) is 31.9 Å². The average molecular weight is 735 g/mol. The van der Waals surface area contributed by atoms with Crippen LogP contribution >= 0.6 is 34.8 Å². The number of carbonyl (C=O) groups excluding carboxylic acids is 2. The van der Waals surface area contributed by atoms with Crippen LogP contribution in [0.15, 0.2) is 89.8 Å². The van der Waals surface area contributed by atoms with E-state index in [0.717, 1.165) is 9.87 Å². The maximum absolute atomic E-state index is 14.6. The lowest BCUT2D eigenvalue weighted by Crippen LogP contribution is -2.53. The topological polar surface area (TPSA) is 114 Å². The molecule has 0 unspecified atom stereocenters. The number of amides is 2. The normalized spacial score (nSPS) is 11.7. The van der Waals surface area contributed by atoms with Crippen molar-refractivity contribution in [1.29, 1.82) is 0 Å². The van der Waals surface area contributed by atoms with Crippen molar-refractivity contribution in [3.05, 3.63) is 111 Å². The van der Waals surface area contributed by atoms with Crippen molar-refractivity contribution in [2.24, 2.45) is 0 Å². The third-order valence-corrected chi connectivity index (χ3v) is 10.1. The third kappa shape index (κ3) is 8.46. The van der Waals surface area contributed by atoms with Crippen molar-refractivity contribution in [3.63, 3.8) is 0 Å². The summed E-state index contributed by atoms with van der Waals surface area (Å²) in [5, 5.41) is 3.48. The molecule has 0 aliphatic carbocycles. The highest BCUT2D eigenvalue weighted by Gasteiger charge is 2.36. The van der Waals surface area contributed by atoms with Crippen LogP contribution in [0.2, 0.25) is 15.1 Å². The van der Waals surface area contributed by atoms with Gasteiger partial charge >= 0.3 is 0 Å². The molecule has 0 heterocycles. The minimum Gasteiger partial charge on any atom is -0.495 e. The second kappa shape index (κ2) is 16.3. The number of hydrogen-bond acceptors (Lipinski definition) is 7. The van der Waals surface area contributed by atoms with Crippen LogP contribution in [0.25, 0.3) is 0 Å². The summed E-state index contributed by atoms with van der Waals surface area (Å²) in [7, 11) is 1.11. The molecular weight excluding hydrogens is 701 g/mol. The molecular formula is C34H34Cl3N3O7S. The van der Waals surface area contributed by atoms with Crippen molar-refractivity contribution in [1.82, 2.24) is 10.2 Å². The summed E-state index contributed by atoms with van der Waals surface area (Å²) in [6.07, 6.45) is 0.125. The summed E-state index contributed by atoms with van der Waals surface area (Å²) in [5.74, 6) is -0.580. The molecule has 0 fully saturated rings. The van der Waals surface area contributed by atoms with E-state index in [4.69, 9.17) is 49.0 Å². The zero-order chi connectivity index (χ0) is 35.0. The molecule has 14 heteroatoms. The smallest absolute Gasteiger partial charge is 0.265 e. The lowest BCUT2D eigenvalue weighted by molar-refractivity contribution is -0.139. The lowest BCUT2D eigenvalue weighted by Gasteiger charge is -2.34. The quantitative estimate of drug-likeness (QED) is 0.163. The second-order valence-electron chi connectivity index (χ2n) is 10.4. The number of ether oxygens (including phenoxy) is 3. The van der Waals surface area contributed by atoms with Crippen molar-refractivity contribution in [2.75, 3.05) is 39.2 Å². The number of sulfonamides is 1. The van der Waals surface area contributed by atoms with Crippen LogP contribution in [-0.2, 0) is 32.6 Å². The maximum atomic E-state index is 14.6. The molecule has 0 saturated heterocycles. The molecule has 4 aromatic carbocycles. The van der Waals surface area contributed by atoms with Crippen LogP contribution in [0.3, 0.4) is 0 Å². The first kappa shape index (κ1) is 36.7. The minimum atomic E-state index is -4.52. The van der Waals surface area contributed by atoms with E-state index in [1.54, 1.807) is 12.1 Å². The Morgan fingerprint density at radius 2 is 1.42 bits per heavy atom. The fourth-order valence-corrected chi connectivity index (χ4v) is 7.10.